The summed E-state index contributed by atoms with van der Waals surface area (Å²) in [7, 11) is 0. The normalized spacial score (nSPS) is 12.2. The fraction of sp³-hybridized carbons (Fsp3) is 0.846. The lowest BCUT2D eigenvalue weighted by molar-refractivity contribution is -0.144. The molecule has 0 radical (unpaired) electrons. The van der Waals surface area contributed by atoms with Crippen LogP contribution >= 0.6 is 0 Å². The summed E-state index contributed by atoms with van der Waals surface area (Å²) in [5.41, 5.74) is 0. The van der Waals surface area contributed by atoms with Crippen molar-refractivity contribution in [3.05, 3.63) is 12.2 Å². The number of hydrogen-bond acceptors (Lipinski definition) is 4. The van der Waals surface area contributed by atoms with Gasteiger partial charge in [0.15, 0.2) is 0 Å². The predicted molar refractivity (Wildman–Crippen MR) is 125 cm³/mol. The Balaban J connectivity index is 3.45. The molecule has 0 fully saturated rings. The Morgan fingerprint density at radius 2 is 1.10 bits per heavy atom. The van der Waals surface area contributed by atoms with Gasteiger partial charge in [-0.3, -0.25) is 0 Å². The van der Waals surface area contributed by atoms with Crippen LogP contribution in [0.4, 0.5) is 0 Å². The Labute approximate surface area is 186 Å². The van der Waals surface area contributed by atoms with E-state index in [0.29, 0.717) is 6.61 Å². The minimum atomic E-state index is -0.469. The average Bonchev–Trinajstić information content (AvgIpc) is 2.74. The van der Waals surface area contributed by atoms with Crippen LogP contribution in [0.3, 0.4) is 0 Å². The second kappa shape index (κ2) is 22.4. The molecule has 0 aliphatic rings. The first-order valence-corrected chi connectivity index (χ1v) is 12.7. The fourth-order valence-electron chi connectivity index (χ4n) is 3.53. The maximum absolute atomic E-state index is 11.7. The van der Waals surface area contributed by atoms with Crippen LogP contribution in [0.25, 0.3) is 0 Å². The number of carbonyl (C=O) groups excluding carboxylic acids is 2. The molecule has 0 N–H and O–H groups in total. The van der Waals surface area contributed by atoms with Crippen LogP contribution in [0.15, 0.2) is 12.2 Å². The van der Waals surface area contributed by atoms with Gasteiger partial charge < -0.3 is 9.47 Å². The molecule has 1 atom stereocenters. The smallest absolute Gasteiger partial charge is 0.331 e. The summed E-state index contributed by atoms with van der Waals surface area (Å²) < 4.78 is 10.4. The maximum atomic E-state index is 11.7. The Bertz CT molecular complexity index is 431. The molecule has 0 saturated carbocycles. The number of esters is 2. The van der Waals surface area contributed by atoms with Gasteiger partial charge in [-0.2, -0.15) is 0 Å². The van der Waals surface area contributed by atoms with E-state index in [4.69, 9.17) is 9.47 Å². The third kappa shape index (κ3) is 20.0. The number of hydrogen-bond donors (Lipinski definition) is 0. The van der Waals surface area contributed by atoms with Crippen molar-refractivity contribution in [1.29, 1.82) is 0 Å². The fourth-order valence-corrected chi connectivity index (χ4v) is 3.53. The number of carbonyl (C=O) groups is 2. The van der Waals surface area contributed by atoms with E-state index in [1.54, 1.807) is 0 Å². The molecule has 0 amide bonds. The van der Waals surface area contributed by atoms with E-state index in [1.165, 1.54) is 89.2 Å². The zero-order chi connectivity index (χ0) is 22.3. The van der Waals surface area contributed by atoms with E-state index in [-0.39, 0.29) is 6.10 Å². The van der Waals surface area contributed by atoms with Crippen molar-refractivity contribution in [2.45, 2.75) is 136 Å². The summed E-state index contributed by atoms with van der Waals surface area (Å²) in [6, 6.07) is 0. The topological polar surface area (TPSA) is 52.6 Å². The standard InChI is InChI=1S/C26H48O4/c1-4-7-8-9-10-11-12-13-14-15-16-17-18-19-23-29-25(27)21-22-26(28)30-24(6-3)20-5-2/h21-22,24H,4-20,23H2,1-3H3/b22-21+. The number of ether oxygens (including phenoxy) is 2. The van der Waals surface area contributed by atoms with Crippen molar-refractivity contribution in [3.8, 4) is 0 Å². The minimum absolute atomic E-state index is 0.0706. The molecular formula is C26H48O4. The van der Waals surface area contributed by atoms with Crippen molar-refractivity contribution >= 4 is 11.9 Å². The van der Waals surface area contributed by atoms with Crippen molar-refractivity contribution < 1.29 is 19.1 Å². The van der Waals surface area contributed by atoms with Crippen LogP contribution in [0, 0.1) is 0 Å². The van der Waals surface area contributed by atoms with Gasteiger partial charge in [0.1, 0.15) is 6.10 Å². The van der Waals surface area contributed by atoms with Crippen LogP contribution in [-0.2, 0) is 19.1 Å². The zero-order valence-corrected chi connectivity index (χ0v) is 20.1. The molecule has 0 aromatic rings. The Hall–Kier alpha value is -1.32. The molecule has 30 heavy (non-hydrogen) atoms. The molecule has 4 heteroatoms. The second-order valence-electron chi connectivity index (χ2n) is 8.35. The summed E-state index contributed by atoms with van der Waals surface area (Å²) in [4.78, 5) is 23.3. The Morgan fingerprint density at radius 3 is 1.57 bits per heavy atom. The third-order valence-corrected chi connectivity index (χ3v) is 5.45. The number of unbranched alkanes of at least 4 members (excludes halogenated alkanes) is 13. The SMILES string of the molecule is CCCCCCCCCCCCCCCCOC(=O)/C=C/C(=O)OC(CC)CCC. The van der Waals surface area contributed by atoms with Crippen LogP contribution in [0.1, 0.15) is 130 Å². The van der Waals surface area contributed by atoms with Gasteiger partial charge in [0.05, 0.1) is 6.61 Å². The Kier molecular flexibility index (Phi) is 21.4. The lowest BCUT2D eigenvalue weighted by atomic mass is 10.0. The molecular weight excluding hydrogens is 376 g/mol. The monoisotopic (exact) mass is 424 g/mol. The van der Waals surface area contributed by atoms with E-state index in [1.807, 2.05) is 6.92 Å². The predicted octanol–water partition coefficient (Wildman–Crippen LogP) is 7.69. The third-order valence-electron chi connectivity index (χ3n) is 5.45. The van der Waals surface area contributed by atoms with Gasteiger partial charge in [0, 0.05) is 12.2 Å². The molecule has 4 nitrogen and oxygen atoms in total. The lowest BCUT2D eigenvalue weighted by Crippen LogP contribution is -2.16. The first-order valence-electron chi connectivity index (χ1n) is 12.7. The molecule has 0 bridgehead atoms. The largest absolute Gasteiger partial charge is 0.463 e. The quantitative estimate of drug-likeness (QED) is 0.108. The van der Waals surface area contributed by atoms with E-state index in [2.05, 4.69) is 13.8 Å². The Morgan fingerprint density at radius 1 is 0.633 bits per heavy atom. The van der Waals surface area contributed by atoms with Crippen LogP contribution in [0.5, 0.6) is 0 Å². The molecule has 0 spiro atoms. The number of rotatable bonds is 21. The summed E-state index contributed by atoms with van der Waals surface area (Å²) >= 11 is 0. The molecule has 0 aromatic heterocycles. The van der Waals surface area contributed by atoms with E-state index in [9.17, 15) is 9.59 Å². The van der Waals surface area contributed by atoms with Crippen molar-refractivity contribution in [2.75, 3.05) is 6.61 Å². The highest BCUT2D eigenvalue weighted by Gasteiger charge is 2.09. The van der Waals surface area contributed by atoms with Gasteiger partial charge in [0.2, 0.25) is 0 Å². The molecule has 0 saturated heterocycles. The summed E-state index contributed by atoms with van der Waals surface area (Å²) in [5, 5.41) is 0. The molecule has 1 unspecified atom stereocenters. The average molecular weight is 425 g/mol. The van der Waals surface area contributed by atoms with Crippen molar-refractivity contribution in [2.24, 2.45) is 0 Å². The maximum Gasteiger partial charge on any atom is 0.331 e. The summed E-state index contributed by atoms with van der Waals surface area (Å²) in [5.74, 6) is -0.936. The molecule has 0 rings (SSSR count). The van der Waals surface area contributed by atoms with Crippen molar-refractivity contribution in [3.63, 3.8) is 0 Å². The van der Waals surface area contributed by atoms with Crippen LogP contribution in [-0.4, -0.2) is 24.6 Å². The molecule has 0 aliphatic carbocycles. The molecule has 0 aromatic carbocycles. The van der Waals surface area contributed by atoms with E-state index in [0.717, 1.165) is 32.1 Å². The first-order chi connectivity index (χ1) is 14.6. The molecule has 0 aliphatic heterocycles. The lowest BCUT2D eigenvalue weighted by Gasteiger charge is -2.13. The summed E-state index contributed by atoms with van der Waals surface area (Å²) in [6.07, 6.45) is 23.1. The van der Waals surface area contributed by atoms with Crippen LogP contribution < -0.4 is 0 Å². The van der Waals surface area contributed by atoms with Crippen molar-refractivity contribution in [1.82, 2.24) is 0 Å². The van der Waals surface area contributed by atoms with Gasteiger partial charge in [0.25, 0.3) is 0 Å². The van der Waals surface area contributed by atoms with E-state index < -0.39 is 11.9 Å². The minimum Gasteiger partial charge on any atom is -0.463 e. The van der Waals surface area contributed by atoms with Gasteiger partial charge in [-0.05, 0) is 19.3 Å². The van der Waals surface area contributed by atoms with E-state index >= 15 is 0 Å². The zero-order valence-electron chi connectivity index (χ0n) is 20.1. The van der Waals surface area contributed by atoms with Gasteiger partial charge in [-0.25, -0.2) is 9.59 Å². The highest BCUT2D eigenvalue weighted by Crippen LogP contribution is 2.13. The van der Waals surface area contributed by atoms with Gasteiger partial charge in [-0.1, -0.05) is 111 Å². The van der Waals surface area contributed by atoms with Gasteiger partial charge in [-0.15, -0.1) is 0 Å². The first kappa shape index (κ1) is 28.7. The molecule has 0 heterocycles. The molecule has 176 valence electrons. The highest BCUT2D eigenvalue weighted by molar-refractivity contribution is 5.91. The summed E-state index contributed by atoms with van der Waals surface area (Å²) in [6.45, 7) is 6.73. The second-order valence-corrected chi connectivity index (χ2v) is 8.35. The van der Waals surface area contributed by atoms with Gasteiger partial charge >= 0.3 is 11.9 Å². The van der Waals surface area contributed by atoms with Crippen LogP contribution in [0.2, 0.25) is 0 Å². The highest BCUT2D eigenvalue weighted by atomic mass is 16.5.